The maximum absolute atomic E-state index is 5.76. The molecule has 0 saturated heterocycles. The summed E-state index contributed by atoms with van der Waals surface area (Å²) in [6.45, 7) is 9.08. The standard InChI is InChI=1S/C15H26N2O/c1-4-9-16-13-14-7-6-8-15(12-14)18-11-10-17(3)5-2/h6-8,12,16H,4-5,9-11,13H2,1-3H3. The topological polar surface area (TPSA) is 24.5 Å². The summed E-state index contributed by atoms with van der Waals surface area (Å²) >= 11 is 0. The van der Waals surface area contributed by atoms with Crippen molar-refractivity contribution in [1.82, 2.24) is 10.2 Å². The minimum Gasteiger partial charge on any atom is -0.492 e. The van der Waals surface area contributed by atoms with E-state index in [1.165, 1.54) is 12.0 Å². The van der Waals surface area contributed by atoms with Gasteiger partial charge in [-0.15, -0.1) is 0 Å². The summed E-state index contributed by atoms with van der Waals surface area (Å²) in [5.41, 5.74) is 1.28. The SMILES string of the molecule is CCCNCc1cccc(OCCN(C)CC)c1. The Hall–Kier alpha value is -1.06. The molecule has 0 saturated carbocycles. The van der Waals surface area contributed by atoms with Gasteiger partial charge < -0.3 is 15.0 Å². The van der Waals surface area contributed by atoms with E-state index in [9.17, 15) is 0 Å². The number of nitrogens with zero attached hydrogens (tertiary/aromatic N) is 1. The number of hydrogen-bond donors (Lipinski definition) is 1. The van der Waals surface area contributed by atoms with Crippen LogP contribution < -0.4 is 10.1 Å². The number of benzene rings is 1. The van der Waals surface area contributed by atoms with Gasteiger partial charge >= 0.3 is 0 Å². The molecule has 1 aromatic carbocycles. The maximum atomic E-state index is 5.76. The molecule has 0 heterocycles. The van der Waals surface area contributed by atoms with Gasteiger partial charge in [0.15, 0.2) is 0 Å². The van der Waals surface area contributed by atoms with Crippen molar-refractivity contribution in [2.45, 2.75) is 26.8 Å². The van der Waals surface area contributed by atoms with E-state index in [1.54, 1.807) is 0 Å². The quantitative estimate of drug-likeness (QED) is 0.682. The van der Waals surface area contributed by atoms with Crippen molar-refractivity contribution in [3.63, 3.8) is 0 Å². The van der Waals surface area contributed by atoms with Crippen molar-refractivity contribution >= 4 is 0 Å². The number of likely N-dealkylation sites (N-methyl/N-ethyl adjacent to an activating group) is 1. The van der Waals surface area contributed by atoms with Crippen LogP contribution >= 0.6 is 0 Å². The molecule has 0 fully saturated rings. The van der Waals surface area contributed by atoms with Crippen LogP contribution in [0.5, 0.6) is 5.75 Å². The lowest BCUT2D eigenvalue weighted by Gasteiger charge is -2.14. The first-order valence-corrected chi connectivity index (χ1v) is 6.87. The molecule has 0 amide bonds. The predicted octanol–water partition coefficient (Wildman–Crippen LogP) is 2.52. The van der Waals surface area contributed by atoms with Crippen molar-refractivity contribution in [3.05, 3.63) is 29.8 Å². The van der Waals surface area contributed by atoms with Gasteiger partial charge in [-0.1, -0.05) is 26.0 Å². The lowest BCUT2D eigenvalue weighted by Crippen LogP contribution is -2.23. The Morgan fingerprint density at radius 3 is 2.83 bits per heavy atom. The van der Waals surface area contributed by atoms with E-state index in [4.69, 9.17) is 4.74 Å². The Labute approximate surface area is 111 Å². The fourth-order valence-electron chi connectivity index (χ4n) is 1.63. The lowest BCUT2D eigenvalue weighted by atomic mass is 10.2. The van der Waals surface area contributed by atoms with Crippen LogP contribution in [0.1, 0.15) is 25.8 Å². The van der Waals surface area contributed by atoms with E-state index in [2.05, 4.69) is 49.3 Å². The van der Waals surface area contributed by atoms with Crippen LogP contribution in [0.15, 0.2) is 24.3 Å². The molecule has 1 rings (SSSR count). The van der Waals surface area contributed by atoms with Crippen LogP contribution in [0.3, 0.4) is 0 Å². The monoisotopic (exact) mass is 250 g/mol. The first-order valence-electron chi connectivity index (χ1n) is 6.87. The molecule has 0 aliphatic carbocycles. The molecule has 0 unspecified atom stereocenters. The first-order chi connectivity index (χ1) is 8.76. The summed E-state index contributed by atoms with van der Waals surface area (Å²) in [4.78, 5) is 2.24. The zero-order valence-corrected chi connectivity index (χ0v) is 11.9. The zero-order chi connectivity index (χ0) is 13.2. The molecule has 18 heavy (non-hydrogen) atoms. The second-order valence-corrected chi connectivity index (χ2v) is 4.57. The Morgan fingerprint density at radius 2 is 2.11 bits per heavy atom. The molecule has 3 nitrogen and oxygen atoms in total. The molecule has 0 aliphatic rings. The largest absolute Gasteiger partial charge is 0.492 e. The van der Waals surface area contributed by atoms with Gasteiger partial charge in [-0.05, 0) is 44.3 Å². The minimum absolute atomic E-state index is 0.746. The van der Waals surface area contributed by atoms with E-state index >= 15 is 0 Å². The summed E-state index contributed by atoms with van der Waals surface area (Å²) in [6.07, 6.45) is 1.17. The second-order valence-electron chi connectivity index (χ2n) is 4.57. The summed E-state index contributed by atoms with van der Waals surface area (Å²) in [5.74, 6) is 0.968. The Bertz CT molecular complexity index is 328. The molecule has 0 radical (unpaired) electrons. The highest BCUT2D eigenvalue weighted by molar-refractivity contribution is 5.28. The third-order valence-electron chi connectivity index (χ3n) is 2.94. The highest BCUT2D eigenvalue weighted by Gasteiger charge is 1.98. The van der Waals surface area contributed by atoms with Gasteiger partial charge in [0.2, 0.25) is 0 Å². The van der Waals surface area contributed by atoms with Gasteiger partial charge in [-0.3, -0.25) is 0 Å². The molecule has 0 atom stereocenters. The average molecular weight is 250 g/mol. The molecule has 0 bridgehead atoms. The lowest BCUT2D eigenvalue weighted by molar-refractivity contribution is 0.243. The second kappa shape index (κ2) is 8.95. The van der Waals surface area contributed by atoms with Crippen LogP contribution in [-0.2, 0) is 6.54 Å². The van der Waals surface area contributed by atoms with Gasteiger partial charge in [0, 0.05) is 13.1 Å². The van der Waals surface area contributed by atoms with Crippen molar-refractivity contribution in [1.29, 1.82) is 0 Å². The maximum Gasteiger partial charge on any atom is 0.119 e. The molecule has 1 aromatic rings. The molecule has 1 N–H and O–H groups in total. The zero-order valence-electron chi connectivity index (χ0n) is 11.9. The van der Waals surface area contributed by atoms with E-state index in [0.29, 0.717) is 0 Å². The van der Waals surface area contributed by atoms with Crippen LogP contribution in [0.25, 0.3) is 0 Å². The van der Waals surface area contributed by atoms with Gasteiger partial charge in [0.1, 0.15) is 12.4 Å². The first kappa shape index (κ1) is 15.0. The number of hydrogen-bond acceptors (Lipinski definition) is 3. The summed E-state index contributed by atoms with van der Waals surface area (Å²) in [6, 6.07) is 8.33. The third kappa shape index (κ3) is 6.03. The van der Waals surface area contributed by atoms with Crippen molar-refractivity contribution in [2.75, 3.05) is 33.3 Å². The van der Waals surface area contributed by atoms with Gasteiger partial charge in [-0.25, -0.2) is 0 Å². The molecule has 0 spiro atoms. The number of ether oxygens (including phenoxy) is 1. The van der Waals surface area contributed by atoms with Gasteiger partial charge in [-0.2, -0.15) is 0 Å². The number of rotatable bonds is 9. The van der Waals surface area contributed by atoms with E-state index in [1.807, 2.05) is 6.07 Å². The molecular weight excluding hydrogens is 224 g/mol. The Kier molecular flexibility index (Phi) is 7.46. The highest BCUT2D eigenvalue weighted by Crippen LogP contribution is 2.13. The average Bonchev–Trinajstić information content (AvgIpc) is 2.39. The van der Waals surface area contributed by atoms with E-state index < -0.39 is 0 Å². The van der Waals surface area contributed by atoms with Gasteiger partial charge in [0.25, 0.3) is 0 Å². The smallest absolute Gasteiger partial charge is 0.119 e. The highest BCUT2D eigenvalue weighted by atomic mass is 16.5. The molecule has 3 heteroatoms. The third-order valence-corrected chi connectivity index (χ3v) is 2.94. The van der Waals surface area contributed by atoms with Crippen LogP contribution in [0, 0.1) is 0 Å². The van der Waals surface area contributed by atoms with Crippen LogP contribution in [-0.4, -0.2) is 38.2 Å². The molecular formula is C15H26N2O. The van der Waals surface area contributed by atoms with Crippen LogP contribution in [0.4, 0.5) is 0 Å². The fourth-order valence-corrected chi connectivity index (χ4v) is 1.63. The number of nitrogens with one attached hydrogen (secondary N) is 1. The summed E-state index contributed by atoms with van der Waals surface area (Å²) in [7, 11) is 2.11. The minimum atomic E-state index is 0.746. The van der Waals surface area contributed by atoms with E-state index in [0.717, 1.165) is 38.5 Å². The van der Waals surface area contributed by atoms with Gasteiger partial charge in [0.05, 0.1) is 0 Å². The molecule has 0 aliphatic heterocycles. The van der Waals surface area contributed by atoms with Crippen molar-refractivity contribution in [2.24, 2.45) is 0 Å². The Balaban J connectivity index is 2.34. The molecule has 102 valence electrons. The fraction of sp³-hybridized carbons (Fsp3) is 0.600. The summed E-state index contributed by atoms with van der Waals surface area (Å²) in [5, 5.41) is 3.40. The molecule has 0 aromatic heterocycles. The predicted molar refractivity (Wildman–Crippen MR) is 77.1 cm³/mol. The van der Waals surface area contributed by atoms with Crippen LogP contribution in [0.2, 0.25) is 0 Å². The van der Waals surface area contributed by atoms with Crippen molar-refractivity contribution < 1.29 is 4.74 Å². The van der Waals surface area contributed by atoms with E-state index in [-0.39, 0.29) is 0 Å². The normalized spacial score (nSPS) is 10.9. The van der Waals surface area contributed by atoms with Crippen molar-refractivity contribution in [3.8, 4) is 5.75 Å². The Morgan fingerprint density at radius 1 is 1.28 bits per heavy atom. The summed E-state index contributed by atoms with van der Waals surface area (Å²) < 4.78 is 5.76.